The summed E-state index contributed by atoms with van der Waals surface area (Å²) in [7, 11) is 0. The Morgan fingerprint density at radius 3 is 2.62 bits per heavy atom. The van der Waals surface area contributed by atoms with Crippen LogP contribution < -0.4 is 10.1 Å². The third-order valence-corrected chi connectivity index (χ3v) is 5.01. The van der Waals surface area contributed by atoms with Crippen molar-refractivity contribution in [3.8, 4) is 5.75 Å². The Labute approximate surface area is 144 Å². The van der Waals surface area contributed by atoms with Crippen LogP contribution in [0.3, 0.4) is 0 Å². The molecule has 3 nitrogen and oxygen atoms in total. The largest absolute Gasteiger partial charge is 0.492 e. The lowest BCUT2D eigenvalue weighted by Crippen LogP contribution is -2.27. The van der Waals surface area contributed by atoms with Crippen LogP contribution in [0.1, 0.15) is 32.3 Å². The van der Waals surface area contributed by atoms with Gasteiger partial charge in [-0.1, -0.05) is 6.92 Å². The molecule has 1 aromatic carbocycles. The number of rotatable bonds is 7. The van der Waals surface area contributed by atoms with E-state index in [9.17, 15) is 0 Å². The molecule has 0 bridgehead atoms. The molecule has 0 radical (unpaired) electrons. The van der Waals surface area contributed by atoms with Gasteiger partial charge in [0.25, 0.3) is 0 Å². The van der Waals surface area contributed by atoms with Gasteiger partial charge in [-0.25, -0.2) is 0 Å². The van der Waals surface area contributed by atoms with Gasteiger partial charge in [-0.15, -0.1) is 0 Å². The molecule has 0 spiro atoms. The minimum absolute atomic E-state index is 0.427. The molecule has 21 heavy (non-hydrogen) atoms. The van der Waals surface area contributed by atoms with Crippen LogP contribution >= 0.6 is 31.9 Å². The van der Waals surface area contributed by atoms with Crippen molar-refractivity contribution in [2.75, 3.05) is 19.8 Å². The Balaban J connectivity index is 1.89. The summed E-state index contributed by atoms with van der Waals surface area (Å²) < 4.78 is 13.3. The molecule has 0 aliphatic carbocycles. The summed E-state index contributed by atoms with van der Waals surface area (Å²) >= 11 is 7.15. The van der Waals surface area contributed by atoms with E-state index in [1.807, 2.05) is 6.92 Å². The highest BCUT2D eigenvalue weighted by Gasteiger charge is 2.25. The third kappa shape index (κ3) is 4.68. The molecule has 0 saturated carbocycles. The predicted molar refractivity (Wildman–Crippen MR) is 92.9 cm³/mol. The minimum Gasteiger partial charge on any atom is -0.492 e. The van der Waals surface area contributed by atoms with E-state index in [2.05, 4.69) is 56.2 Å². The van der Waals surface area contributed by atoms with Crippen LogP contribution in [0.15, 0.2) is 21.1 Å². The first-order valence-corrected chi connectivity index (χ1v) is 9.17. The van der Waals surface area contributed by atoms with Crippen LogP contribution in [0.2, 0.25) is 0 Å². The Morgan fingerprint density at radius 2 is 2.00 bits per heavy atom. The van der Waals surface area contributed by atoms with Crippen molar-refractivity contribution in [3.05, 3.63) is 26.6 Å². The molecular formula is C16H23Br2NO2. The number of hydrogen-bond acceptors (Lipinski definition) is 3. The SMILES string of the molecule is CCOc1c(Br)cc(CNCC2CCOC2CC)cc1Br. The van der Waals surface area contributed by atoms with E-state index >= 15 is 0 Å². The standard InChI is InChI=1S/C16H23Br2NO2/c1-3-15-12(5-6-21-15)10-19-9-11-7-13(17)16(20-4-2)14(18)8-11/h7-8,12,15,19H,3-6,9-10H2,1-2H3. The van der Waals surface area contributed by atoms with Crippen molar-refractivity contribution in [2.24, 2.45) is 5.92 Å². The van der Waals surface area contributed by atoms with E-state index in [0.717, 1.165) is 40.8 Å². The van der Waals surface area contributed by atoms with Gasteiger partial charge in [-0.2, -0.15) is 0 Å². The zero-order valence-corrected chi connectivity index (χ0v) is 15.8. The van der Waals surface area contributed by atoms with Crippen molar-refractivity contribution in [2.45, 2.75) is 39.3 Å². The second-order valence-corrected chi connectivity index (χ2v) is 7.03. The molecule has 5 heteroatoms. The maximum absolute atomic E-state index is 5.73. The van der Waals surface area contributed by atoms with Crippen molar-refractivity contribution < 1.29 is 9.47 Å². The van der Waals surface area contributed by atoms with Gasteiger partial charge >= 0.3 is 0 Å². The highest BCUT2D eigenvalue weighted by Crippen LogP contribution is 2.34. The van der Waals surface area contributed by atoms with Crippen LogP contribution in [-0.2, 0) is 11.3 Å². The molecule has 0 aromatic heterocycles. The molecule has 1 aliphatic heterocycles. The normalized spacial score (nSPS) is 21.7. The van der Waals surface area contributed by atoms with Gasteiger partial charge < -0.3 is 14.8 Å². The lowest BCUT2D eigenvalue weighted by Gasteiger charge is -2.17. The number of halogens is 2. The molecule has 118 valence electrons. The smallest absolute Gasteiger partial charge is 0.147 e. The van der Waals surface area contributed by atoms with Crippen molar-refractivity contribution in [1.29, 1.82) is 0 Å². The molecule has 1 aliphatic rings. The average Bonchev–Trinajstić information content (AvgIpc) is 2.90. The van der Waals surface area contributed by atoms with Crippen molar-refractivity contribution >= 4 is 31.9 Å². The van der Waals surface area contributed by atoms with Gasteiger partial charge in [0.05, 0.1) is 21.7 Å². The summed E-state index contributed by atoms with van der Waals surface area (Å²) in [5.41, 5.74) is 1.24. The molecule has 1 heterocycles. The van der Waals surface area contributed by atoms with Crippen LogP contribution in [0.5, 0.6) is 5.75 Å². The van der Waals surface area contributed by atoms with Gasteiger partial charge in [-0.05, 0) is 75.2 Å². The highest BCUT2D eigenvalue weighted by molar-refractivity contribution is 9.11. The van der Waals surface area contributed by atoms with Gasteiger partial charge in [0.15, 0.2) is 0 Å². The quantitative estimate of drug-likeness (QED) is 0.703. The Hall–Kier alpha value is -0.100. The second kappa shape index (κ2) is 8.51. The Kier molecular flexibility index (Phi) is 6.99. The lowest BCUT2D eigenvalue weighted by atomic mass is 9.99. The minimum atomic E-state index is 0.427. The molecule has 1 saturated heterocycles. The molecule has 2 atom stereocenters. The Bertz CT molecular complexity index is 445. The van der Waals surface area contributed by atoms with E-state index in [1.165, 1.54) is 12.0 Å². The fraction of sp³-hybridized carbons (Fsp3) is 0.625. The molecule has 1 fully saturated rings. The van der Waals surface area contributed by atoms with Gasteiger partial charge in [0, 0.05) is 19.7 Å². The summed E-state index contributed by atoms with van der Waals surface area (Å²) in [5, 5.41) is 3.55. The molecule has 2 rings (SSSR count). The number of hydrogen-bond donors (Lipinski definition) is 1. The maximum Gasteiger partial charge on any atom is 0.147 e. The first kappa shape index (κ1) is 17.3. The van der Waals surface area contributed by atoms with E-state index in [1.54, 1.807) is 0 Å². The van der Waals surface area contributed by atoms with E-state index in [-0.39, 0.29) is 0 Å². The second-order valence-electron chi connectivity index (χ2n) is 5.32. The molecule has 1 N–H and O–H groups in total. The predicted octanol–water partition coefficient (Wildman–Crippen LogP) is 4.52. The van der Waals surface area contributed by atoms with Crippen LogP contribution in [0.4, 0.5) is 0 Å². The van der Waals surface area contributed by atoms with Crippen molar-refractivity contribution in [3.63, 3.8) is 0 Å². The zero-order chi connectivity index (χ0) is 15.2. The van der Waals surface area contributed by atoms with E-state index in [4.69, 9.17) is 9.47 Å². The van der Waals surface area contributed by atoms with E-state index < -0.39 is 0 Å². The summed E-state index contributed by atoms with van der Waals surface area (Å²) in [6.07, 6.45) is 2.70. The summed E-state index contributed by atoms with van der Waals surface area (Å²) in [5.74, 6) is 1.51. The topological polar surface area (TPSA) is 30.5 Å². The summed E-state index contributed by atoms with van der Waals surface area (Å²) in [4.78, 5) is 0. The van der Waals surface area contributed by atoms with Crippen LogP contribution in [0, 0.1) is 5.92 Å². The average molecular weight is 421 g/mol. The first-order valence-electron chi connectivity index (χ1n) is 7.58. The molecular weight excluding hydrogens is 398 g/mol. The fourth-order valence-electron chi connectivity index (χ4n) is 2.78. The monoisotopic (exact) mass is 419 g/mol. The van der Waals surface area contributed by atoms with Gasteiger partial charge in [0.1, 0.15) is 5.75 Å². The first-order chi connectivity index (χ1) is 10.2. The number of benzene rings is 1. The van der Waals surface area contributed by atoms with Crippen LogP contribution in [-0.4, -0.2) is 25.9 Å². The molecule has 1 aromatic rings. The number of ether oxygens (including phenoxy) is 2. The number of nitrogens with one attached hydrogen (secondary N) is 1. The third-order valence-electron chi connectivity index (χ3n) is 3.83. The highest BCUT2D eigenvalue weighted by atomic mass is 79.9. The molecule has 0 amide bonds. The zero-order valence-electron chi connectivity index (χ0n) is 12.6. The fourth-order valence-corrected chi connectivity index (χ4v) is 4.29. The summed E-state index contributed by atoms with van der Waals surface area (Å²) in [6.45, 7) is 7.63. The summed E-state index contributed by atoms with van der Waals surface area (Å²) in [6, 6.07) is 4.23. The molecule has 2 unspecified atom stereocenters. The van der Waals surface area contributed by atoms with Crippen LogP contribution in [0.25, 0.3) is 0 Å². The lowest BCUT2D eigenvalue weighted by molar-refractivity contribution is 0.0872. The Morgan fingerprint density at radius 1 is 1.29 bits per heavy atom. The van der Waals surface area contributed by atoms with Crippen molar-refractivity contribution in [1.82, 2.24) is 5.32 Å². The van der Waals surface area contributed by atoms with Gasteiger partial charge in [-0.3, -0.25) is 0 Å². The maximum atomic E-state index is 5.73. The van der Waals surface area contributed by atoms with Gasteiger partial charge in [0.2, 0.25) is 0 Å². The van der Waals surface area contributed by atoms with E-state index in [0.29, 0.717) is 18.6 Å².